The second-order valence-corrected chi connectivity index (χ2v) is 6.74. The summed E-state index contributed by atoms with van der Waals surface area (Å²) in [5.41, 5.74) is 0.679. The predicted octanol–water partition coefficient (Wildman–Crippen LogP) is 2.44. The molecular formula is C10H12INO2S. The second-order valence-electron chi connectivity index (χ2n) is 3.81. The Morgan fingerprint density at radius 1 is 1.33 bits per heavy atom. The minimum atomic E-state index is -3.15. The largest absolute Gasteiger partial charge is 0.282 e. The molecule has 0 radical (unpaired) electrons. The highest BCUT2D eigenvalue weighted by Crippen LogP contribution is 2.31. The van der Waals surface area contributed by atoms with E-state index in [0.29, 0.717) is 11.6 Å². The zero-order valence-corrected chi connectivity index (χ0v) is 11.1. The summed E-state index contributed by atoms with van der Waals surface area (Å²) in [5.74, 6) is 0.640. The lowest BCUT2D eigenvalue weighted by atomic mass is 10.3. The van der Waals surface area contributed by atoms with Gasteiger partial charge in [0.15, 0.2) is 0 Å². The average Bonchev–Trinajstić information content (AvgIpc) is 2.91. The van der Waals surface area contributed by atoms with E-state index in [4.69, 9.17) is 0 Å². The summed E-state index contributed by atoms with van der Waals surface area (Å²) in [6.07, 6.45) is 2.10. The van der Waals surface area contributed by atoms with Crippen LogP contribution in [0.1, 0.15) is 12.8 Å². The van der Waals surface area contributed by atoms with Crippen molar-refractivity contribution >= 4 is 38.3 Å². The molecule has 0 unspecified atom stereocenters. The van der Waals surface area contributed by atoms with E-state index in [-0.39, 0.29) is 5.75 Å². The zero-order valence-electron chi connectivity index (χ0n) is 8.11. The van der Waals surface area contributed by atoms with Gasteiger partial charge in [0.05, 0.1) is 11.4 Å². The molecular weight excluding hydrogens is 325 g/mol. The van der Waals surface area contributed by atoms with E-state index in [1.807, 2.05) is 18.2 Å². The van der Waals surface area contributed by atoms with Gasteiger partial charge in [-0.2, -0.15) is 0 Å². The molecule has 3 nitrogen and oxygen atoms in total. The lowest BCUT2D eigenvalue weighted by molar-refractivity contribution is 0.597. The molecule has 0 atom stereocenters. The molecule has 1 aliphatic rings. The molecule has 0 amide bonds. The monoisotopic (exact) mass is 337 g/mol. The molecule has 5 heteroatoms. The van der Waals surface area contributed by atoms with Gasteiger partial charge in [0.1, 0.15) is 0 Å². The Bertz CT molecular complexity index is 454. The smallest absolute Gasteiger partial charge is 0.233 e. The highest BCUT2D eigenvalue weighted by atomic mass is 127. The highest BCUT2D eigenvalue weighted by Gasteiger charge is 2.28. The highest BCUT2D eigenvalue weighted by molar-refractivity contribution is 14.1. The molecule has 1 aromatic carbocycles. The van der Waals surface area contributed by atoms with Crippen molar-refractivity contribution in [3.63, 3.8) is 0 Å². The van der Waals surface area contributed by atoms with E-state index in [9.17, 15) is 8.42 Å². The fourth-order valence-electron chi connectivity index (χ4n) is 1.35. The molecule has 15 heavy (non-hydrogen) atoms. The van der Waals surface area contributed by atoms with E-state index in [2.05, 4.69) is 27.3 Å². The number of hydrogen-bond acceptors (Lipinski definition) is 2. The van der Waals surface area contributed by atoms with Crippen LogP contribution in [0.3, 0.4) is 0 Å². The zero-order chi connectivity index (χ0) is 10.9. The first kappa shape index (κ1) is 11.2. The summed E-state index contributed by atoms with van der Waals surface area (Å²) in [6.45, 7) is 0. The van der Waals surface area contributed by atoms with Crippen molar-refractivity contribution in [3.8, 4) is 0 Å². The Morgan fingerprint density at radius 2 is 2.00 bits per heavy atom. The number of hydrogen-bond donors (Lipinski definition) is 1. The first-order valence-corrected chi connectivity index (χ1v) is 7.55. The van der Waals surface area contributed by atoms with Crippen molar-refractivity contribution in [1.82, 2.24) is 0 Å². The van der Waals surface area contributed by atoms with E-state index in [1.54, 1.807) is 6.07 Å². The maximum absolute atomic E-state index is 11.7. The molecule has 0 bridgehead atoms. The van der Waals surface area contributed by atoms with Gasteiger partial charge >= 0.3 is 0 Å². The minimum Gasteiger partial charge on any atom is -0.282 e. The van der Waals surface area contributed by atoms with Crippen LogP contribution in [-0.4, -0.2) is 14.2 Å². The van der Waals surface area contributed by atoms with Gasteiger partial charge in [-0.1, -0.05) is 12.1 Å². The van der Waals surface area contributed by atoms with Gasteiger partial charge in [0.25, 0.3) is 0 Å². The third-order valence-electron chi connectivity index (χ3n) is 2.29. The lowest BCUT2D eigenvalue weighted by Crippen LogP contribution is -2.18. The maximum atomic E-state index is 11.7. The minimum absolute atomic E-state index is 0.262. The van der Waals surface area contributed by atoms with E-state index in [0.717, 1.165) is 16.4 Å². The maximum Gasteiger partial charge on any atom is 0.233 e. The van der Waals surface area contributed by atoms with Crippen LogP contribution in [0.4, 0.5) is 5.69 Å². The average molecular weight is 337 g/mol. The molecule has 1 saturated carbocycles. The molecule has 0 saturated heterocycles. The molecule has 2 rings (SSSR count). The van der Waals surface area contributed by atoms with Crippen molar-refractivity contribution in [3.05, 3.63) is 27.8 Å². The molecule has 1 aliphatic carbocycles. The van der Waals surface area contributed by atoms with Crippen LogP contribution in [-0.2, 0) is 10.0 Å². The van der Waals surface area contributed by atoms with Gasteiger partial charge in [-0.05, 0) is 53.5 Å². The van der Waals surface area contributed by atoms with Crippen molar-refractivity contribution in [2.45, 2.75) is 12.8 Å². The van der Waals surface area contributed by atoms with Crippen LogP contribution in [0, 0.1) is 9.49 Å². The fourth-order valence-corrected chi connectivity index (χ4v) is 3.60. The Kier molecular flexibility index (Phi) is 3.20. The predicted molar refractivity (Wildman–Crippen MR) is 69.3 cm³/mol. The second kappa shape index (κ2) is 4.29. The quantitative estimate of drug-likeness (QED) is 0.858. The van der Waals surface area contributed by atoms with Crippen molar-refractivity contribution in [2.24, 2.45) is 5.92 Å². The lowest BCUT2D eigenvalue weighted by Gasteiger charge is -2.08. The fraction of sp³-hybridized carbons (Fsp3) is 0.400. The number of para-hydroxylation sites is 1. The van der Waals surface area contributed by atoms with Crippen LogP contribution in [0.15, 0.2) is 24.3 Å². The third kappa shape index (κ3) is 3.34. The number of nitrogens with one attached hydrogen (secondary N) is 1. The Labute approximate surface area is 103 Å². The molecule has 1 fully saturated rings. The van der Waals surface area contributed by atoms with E-state index >= 15 is 0 Å². The number of halogens is 1. The number of rotatable bonds is 4. The first-order valence-electron chi connectivity index (χ1n) is 4.82. The summed E-state index contributed by atoms with van der Waals surface area (Å²) in [5, 5.41) is 0. The SMILES string of the molecule is O=S(=O)(CC1CC1)Nc1ccccc1I. The molecule has 82 valence electrons. The Hall–Kier alpha value is -0.300. The van der Waals surface area contributed by atoms with Gasteiger partial charge in [-0.3, -0.25) is 4.72 Å². The van der Waals surface area contributed by atoms with Crippen molar-refractivity contribution in [2.75, 3.05) is 10.5 Å². The van der Waals surface area contributed by atoms with E-state index < -0.39 is 10.0 Å². The molecule has 0 spiro atoms. The summed E-state index contributed by atoms with van der Waals surface area (Å²) in [6, 6.07) is 7.39. The standard InChI is InChI=1S/C10H12INO2S/c11-9-3-1-2-4-10(9)12-15(13,14)7-8-5-6-8/h1-4,8,12H,5-7H2. The van der Waals surface area contributed by atoms with Crippen molar-refractivity contribution in [1.29, 1.82) is 0 Å². The van der Waals surface area contributed by atoms with Gasteiger partial charge < -0.3 is 0 Å². The molecule has 0 aromatic heterocycles. The van der Waals surface area contributed by atoms with Gasteiger partial charge in [-0.25, -0.2) is 8.42 Å². The molecule has 1 aromatic rings. The summed E-state index contributed by atoms with van der Waals surface area (Å²) < 4.78 is 26.9. The molecule has 0 aliphatic heterocycles. The van der Waals surface area contributed by atoms with Gasteiger partial charge in [0.2, 0.25) is 10.0 Å². The topological polar surface area (TPSA) is 46.2 Å². The van der Waals surface area contributed by atoms with Gasteiger partial charge in [-0.15, -0.1) is 0 Å². The summed E-state index contributed by atoms with van der Waals surface area (Å²) in [7, 11) is -3.15. The normalized spacial score (nSPS) is 16.3. The van der Waals surface area contributed by atoms with Crippen molar-refractivity contribution < 1.29 is 8.42 Å². The number of anilines is 1. The van der Waals surface area contributed by atoms with Crippen LogP contribution < -0.4 is 4.72 Å². The van der Waals surface area contributed by atoms with E-state index in [1.165, 1.54) is 0 Å². The molecule has 0 heterocycles. The van der Waals surface area contributed by atoms with Crippen LogP contribution in [0.5, 0.6) is 0 Å². The Balaban J connectivity index is 2.10. The number of benzene rings is 1. The van der Waals surface area contributed by atoms with Crippen LogP contribution in [0.25, 0.3) is 0 Å². The van der Waals surface area contributed by atoms with Crippen LogP contribution >= 0.6 is 22.6 Å². The third-order valence-corrected chi connectivity index (χ3v) is 4.67. The Morgan fingerprint density at radius 3 is 2.60 bits per heavy atom. The number of sulfonamides is 1. The summed E-state index contributed by atoms with van der Waals surface area (Å²) in [4.78, 5) is 0. The first-order chi connectivity index (χ1) is 7.07. The van der Waals surface area contributed by atoms with Gasteiger partial charge in [0, 0.05) is 3.57 Å². The van der Waals surface area contributed by atoms with Crippen LogP contribution in [0.2, 0.25) is 0 Å². The molecule has 1 N–H and O–H groups in total. The summed E-state index contributed by atoms with van der Waals surface area (Å²) >= 11 is 2.12.